The molecule has 0 aliphatic carbocycles. The summed E-state index contributed by atoms with van der Waals surface area (Å²) in [6.45, 7) is 0.0492. The van der Waals surface area contributed by atoms with Crippen LogP contribution in [0.3, 0.4) is 0 Å². The van der Waals surface area contributed by atoms with Gasteiger partial charge in [0.15, 0.2) is 11.9 Å². The van der Waals surface area contributed by atoms with Gasteiger partial charge in [-0.3, -0.25) is 0 Å². The van der Waals surface area contributed by atoms with E-state index in [0.29, 0.717) is 45.5 Å². The molecule has 1 fully saturated rings. The number of methoxy groups -OCH3 is 1. The topological polar surface area (TPSA) is 98.9 Å². The molecule has 1 aliphatic rings. The number of aromatic nitrogens is 5. The summed E-state index contributed by atoms with van der Waals surface area (Å²) in [6, 6.07) is 10.7. The Kier molecular flexibility index (Phi) is 6.72. The molecule has 0 radical (unpaired) electrons. The van der Waals surface area contributed by atoms with Crippen LogP contribution in [0.15, 0.2) is 61.3 Å². The quantitative estimate of drug-likeness (QED) is 0.270. The van der Waals surface area contributed by atoms with Crippen molar-refractivity contribution in [3.63, 3.8) is 0 Å². The largest absolute Gasteiger partial charge is 0.478 e. The summed E-state index contributed by atoms with van der Waals surface area (Å²) in [5, 5.41) is 8.10. The molecular formula is C27H24ClF2N7O3. The standard InChI is InChI=1S/C27H24ClF2N7O3/c1-36-10-8-22(27(29,30)14-36)40-24-23-20(12-31-26(24)38-2)32-15-33-25(23)35-16-3-6-21(19(28)11-16)39-18-5-4-17-7-9-34-37(17)13-18/h3-7,9,11-13,15,22H,8,10,14H2,1-2H3,(H,32,33,35)/t22-/m0/s1. The van der Waals surface area contributed by atoms with Gasteiger partial charge in [0.1, 0.15) is 23.6 Å². The molecule has 1 aliphatic heterocycles. The number of piperidine rings is 1. The van der Waals surface area contributed by atoms with Crippen LogP contribution < -0.4 is 19.5 Å². The lowest BCUT2D eigenvalue weighted by Crippen LogP contribution is -2.52. The van der Waals surface area contributed by atoms with E-state index in [0.717, 1.165) is 5.52 Å². The average Bonchev–Trinajstić information content (AvgIpc) is 3.39. The first-order valence-corrected chi connectivity index (χ1v) is 12.8. The maximum Gasteiger partial charge on any atom is 0.296 e. The Morgan fingerprint density at radius 3 is 2.80 bits per heavy atom. The van der Waals surface area contributed by atoms with Crippen LogP contribution in [0.25, 0.3) is 16.4 Å². The van der Waals surface area contributed by atoms with E-state index < -0.39 is 18.6 Å². The number of nitrogens with zero attached hydrogens (tertiary/aromatic N) is 6. The lowest BCUT2D eigenvalue weighted by atomic mass is 10.0. The molecule has 5 heterocycles. The van der Waals surface area contributed by atoms with E-state index in [2.05, 4.69) is 25.4 Å². The summed E-state index contributed by atoms with van der Waals surface area (Å²) in [5.74, 6) is -1.67. The third kappa shape index (κ3) is 5.03. The van der Waals surface area contributed by atoms with Crippen molar-refractivity contribution < 1.29 is 23.0 Å². The minimum atomic E-state index is -3.07. The molecule has 40 heavy (non-hydrogen) atoms. The van der Waals surface area contributed by atoms with Crippen molar-refractivity contribution in [2.24, 2.45) is 0 Å². The fraction of sp³-hybridized carbons (Fsp3) is 0.259. The van der Waals surface area contributed by atoms with Gasteiger partial charge in [-0.1, -0.05) is 11.6 Å². The summed E-state index contributed by atoms with van der Waals surface area (Å²) in [5.41, 5.74) is 1.90. The second-order valence-corrected chi connectivity index (χ2v) is 9.82. The van der Waals surface area contributed by atoms with Gasteiger partial charge in [-0.2, -0.15) is 5.10 Å². The minimum absolute atomic E-state index is 0.0393. The van der Waals surface area contributed by atoms with Gasteiger partial charge in [0, 0.05) is 24.8 Å². The zero-order valence-electron chi connectivity index (χ0n) is 21.5. The zero-order chi connectivity index (χ0) is 27.9. The number of rotatable bonds is 7. The molecule has 0 spiro atoms. The molecule has 6 rings (SSSR count). The highest BCUT2D eigenvalue weighted by molar-refractivity contribution is 6.32. The van der Waals surface area contributed by atoms with E-state index in [-0.39, 0.29) is 18.1 Å². The monoisotopic (exact) mass is 567 g/mol. The second-order valence-electron chi connectivity index (χ2n) is 9.41. The third-order valence-electron chi connectivity index (χ3n) is 6.57. The smallest absolute Gasteiger partial charge is 0.296 e. The summed E-state index contributed by atoms with van der Waals surface area (Å²) in [6.07, 6.45) is 5.03. The van der Waals surface area contributed by atoms with Gasteiger partial charge in [-0.15, -0.1) is 0 Å². The van der Waals surface area contributed by atoms with Crippen LogP contribution in [0.2, 0.25) is 5.02 Å². The molecule has 0 unspecified atom stereocenters. The highest BCUT2D eigenvalue weighted by atomic mass is 35.5. The summed E-state index contributed by atoms with van der Waals surface area (Å²) in [4.78, 5) is 14.4. The number of hydrogen-bond donors (Lipinski definition) is 1. The van der Waals surface area contributed by atoms with Gasteiger partial charge in [0.25, 0.3) is 11.8 Å². The maximum atomic E-state index is 14.9. The molecular weight excluding hydrogens is 544 g/mol. The van der Waals surface area contributed by atoms with Crippen LogP contribution in [0.1, 0.15) is 6.42 Å². The number of benzene rings is 1. The van der Waals surface area contributed by atoms with E-state index in [1.54, 1.807) is 47.1 Å². The van der Waals surface area contributed by atoms with Crippen LogP contribution in [-0.2, 0) is 0 Å². The minimum Gasteiger partial charge on any atom is -0.478 e. The molecule has 1 saturated heterocycles. The fourth-order valence-electron chi connectivity index (χ4n) is 4.61. The van der Waals surface area contributed by atoms with Crippen molar-refractivity contribution in [2.45, 2.75) is 18.4 Å². The highest BCUT2D eigenvalue weighted by Gasteiger charge is 2.46. The van der Waals surface area contributed by atoms with Crippen molar-refractivity contribution in [3.8, 4) is 23.1 Å². The number of ether oxygens (including phenoxy) is 3. The van der Waals surface area contributed by atoms with Crippen molar-refractivity contribution in [1.82, 2.24) is 29.5 Å². The Labute approximate surface area is 232 Å². The predicted octanol–water partition coefficient (Wildman–Crippen LogP) is 5.59. The number of fused-ring (bicyclic) bond motifs is 2. The highest BCUT2D eigenvalue weighted by Crippen LogP contribution is 2.41. The number of hydrogen-bond acceptors (Lipinski definition) is 9. The maximum absolute atomic E-state index is 14.9. The molecule has 0 amide bonds. The van der Waals surface area contributed by atoms with Crippen molar-refractivity contribution in [3.05, 3.63) is 66.3 Å². The molecule has 206 valence electrons. The lowest BCUT2D eigenvalue weighted by Gasteiger charge is -2.36. The zero-order valence-corrected chi connectivity index (χ0v) is 22.3. The molecule has 10 nitrogen and oxygen atoms in total. The molecule has 0 bridgehead atoms. The van der Waals surface area contributed by atoms with Crippen molar-refractivity contribution in [1.29, 1.82) is 0 Å². The molecule has 1 atom stereocenters. The van der Waals surface area contributed by atoms with E-state index >= 15 is 0 Å². The first kappa shape index (κ1) is 26.0. The van der Waals surface area contributed by atoms with Gasteiger partial charge in [0.05, 0.1) is 47.5 Å². The number of nitrogens with one attached hydrogen (secondary N) is 1. The molecule has 4 aromatic heterocycles. The normalized spacial score (nSPS) is 17.2. The van der Waals surface area contributed by atoms with Crippen LogP contribution in [0, 0.1) is 0 Å². The SMILES string of the molecule is COc1ncc2ncnc(Nc3ccc(Oc4ccc5ccnn5c4)c(Cl)c3)c2c1O[C@H]1CCN(C)CC1(F)F. The Hall–Kier alpha value is -4.29. The number of likely N-dealkylation sites (tertiary alicyclic amines) is 1. The lowest BCUT2D eigenvalue weighted by molar-refractivity contribution is -0.135. The van der Waals surface area contributed by atoms with Gasteiger partial charge in [-0.25, -0.2) is 28.2 Å². The molecule has 1 N–H and O–H groups in total. The van der Waals surface area contributed by atoms with Crippen LogP contribution in [-0.4, -0.2) is 68.7 Å². The number of halogens is 3. The van der Waals surface area contributed by atoms with Gasteiger partial charge in [0.2, 0.25) is 0 Å². The van der Waals surface area contributed by atoms with E-state index in [1.807, 2.05) is 18.2 Å². The van der Waals surface area contributed by atoms with E-state index in [9.17, 15) is 8.78 Å². The Morgan fingerprint density at radius 2 is 2.00 bits per heavy atom. The third-order valence-corrected chi connectivity index (χ3v) is 6.87. The Balaban J connectivity index is 1.31. The Bertz CT molecular complexity index is 1700. The predicted molar refractivity (Wildman–Crippen MR) is 145 cm³/mol. The van der Waals surface area contributed by atoms with Gasteiger partial charge < -0.3 is 24.4 Å². The van der Waals surface area contributed by atoms with Crippen LogP contribution in [0.4, 0.5) is 20.3 Å². The second kappa shape index (κ2) is 10.4. The van der Waals surface area contributed by atoms with Gasteiger partial charge in [-0.05, 0) is 43.4 Å². The van der Waals surface area contributed by atoms with E-state index in [1.165, 1.54) is 19.6 Å². The van der Waals surface area contributed by atoms with Crippen LogP contribution in [0.5, 0.6) is 23.1 Å². The number of anilines is 2. The first-order valence-electron chi connectivity index (χ1n) is 12.4. The summed E-state index contributed by atoms with van der Waals surface area (Å²) in [7, 11) is 3.05. The van der Waals surface area contributed by atoms with Gasteiger partial charge >= 0.3 is 0 Å². The molecule has 0 saturated carbocycles. The van der Waals surface area contributed by atoms with E-state index in [4.69, 9.17) is 25.8 Å². The summed E-state index contributed by atoms with van der Waals surface area (Å²) >= 11 is 6.55. The average molecular weight is 568 g/mol. The number of alkyl halides is 2. The van der Waals surface area contributed by atoms with Crippen LogP contribution >= 0.6 is 11.6 Å². The first-order chi connectivity index (χ1) is 19.3. The summed E-state index contributed by atoms with van der Waals surface area (Å²) < 4.78 is 48.7. The van der Waals surface area contributed by atoms with Crippen molar-refractivity contribution in [2.75, 3.05) is 32.6 Å². The number of pyridine rings is 2. The molecule has 13 heteroatoms. The molecule has 1 aromatic carbocycles. The van der Waals surface area contributed by atoms with Crippen molar-refractivity contribution >= 4 is 39.5 Å². The fourth-order valence-corrected chi connectivity index (χ4v) is 4.83. The Morgan fingerprint density at radius 1 is 1.12 bits per heavy atom. The molecule has 5 aromatic rings.